The molecule has 0 spiro atoms. The van der Waals surface area contributed by atoms with E-state index in [0.717, 1.165) is 0 Å². The highest BCUT2D eigenvalue weighted by Gasteiger charge is 2.16. The molecule has 0 saturated carbocycles. The van der Waals surface area contributed by atoms with Gasteiger partial charge in [0.1, 0.15) is 23.3 Å². The van der Waals surface area contributed by atoms with Crippen LogP contribution in [0.1, 0.15) is 30.5 Å². The molecule has 0 heterocycles. The van der Waals surface area contributed by atoms with Gasteiger partial charge in [-0.2, -0.15) is 5.26 Å². The van der Waals surface area contributed by atoms with E-state index in [2.05, 4.69) is 5.32 Å². The van der Waals surface area contributed by atoms with Crippen molar-refractivity contribution >= 4 is 5.69 Å². The van der Waals surface area contributed by atoms with Gasteiger partial charge < -0.3 is 5.32 Å². The average Bonchev–Trinajstić information content (AvgIpc) is 2.46. The smallest absolute Gasteiger partial charge is 0.143 e. The van der Waals surface area contributed by atoms with E-state index in [-0.39, 0.29) is 17.4 Å². The molecule has 102 valence electrons. The average molecular weight is 272 g/mol. The summed E-state index contributed by atoms with van der Waals surface area (Å²) in [5.41, 5.74) is 0.827. The molecular weight excluding hydrogens is 258 g/mol. The van der Waals surface area contributed by atoms with Crippen LogP contribution < -0.4 is 5.32 Å². The van der Waals surface area contributed by atoms with Crippen molar-refractivity contribution < 1.29 is 8.78 Å². The number of anilines is 1. The molecule has 0 aliphatic carbocycles. The summed E-state index contributed by atoms with van der Waals surface area (Å²) in [5, 5.41) is 12.0. The molecule has 0 amide bonds. The Morgan fingerprint density at radius 2 is 1.80 bits per heavy atom. The maximum absolute atomic E-state index is 13.8. The summed E-state index contributed by atoms with van der Waals surface area (Å²) in [6.45, 7) is 1.90. The number of nitrogens with one attached hydrogen (secondary N) is 1. The van der Waals surface area contributed by atoms with Gasteiger partial charge in [-0.1, -0.05) is 31.2 Å². The SMILES string of the molecule is CCC(Nc1cccc(F)c1C#N)c1ccccc1F. The van der Waals surface area contributed by atoms with Gasteiger partial charge in [-0.3, -0.25) is 0 Å². The van der Waals surface area contributed by atoms with Crippen molar-refractivity contribution in [2.24, 2.45) is 0 Å². The highest BCUT2D eigenvalue weighted by Crippen LogP contribution is 2.27. The minimum absolute atomic E-state index is 0.0534. The summed E-state index contributed by atoms with van der Waals surface area (Å²) in [6, 6.07) is 12.3. The molecule has 2 aromatic rings. The van der Waals surface area contributed by atoms with Crippen LogP contribution in [-0.2, 0) is 0 Å². The second-order valence-corrected chi connectivity index (χ2v) is 4.40. The molecule has 0 aromatic heterocycles. The fraction of sp³-hybridized carbons (Fsp3) is 0.188. The van der Waals surface area contributed by atoms with Crippen LogP contribution in [0.5, 0.6) is 0 Å². The highest BCUT2D eigenvalue weighted by molar-refractivity contribution is 5.59. The number of hydrogen-bond acceptors (Lipinski definition) is 2. The molecule has 0 fully saturated rings. The van der Waals surface area contributed by atoms with E-state index in [1.807, 2.05) is 13.0 Å². The van der Waals surface area contributed by atoms with Crippen molar-refractivity contribution in [1.29, 1.82) is 5.26 Å². The van der Waals surface area contributed by atoms with E-state index in [9.17, 15) is 8.78 Å². The Balaban J connectivity index is 2.35. The summed E-state index contributed by atoms with van der Waals surface area (Å²) in [7, 11) is 0. The molecule has 1 N–H and O–H groups in total. The largest absolute Gasteiger partial charge is 0.377 e. The van der Waals surface area contributed by atoms with E-state index in [1.165, 1.54) is 18.2 Å². The van der Waals surface area contributed by atoms with Crippen molar-refractivity contribution in [2.45, 2.75) is 19.4 Å². The van der Waals surface area contributed by atoms with E-state index in [4.69, 9.17) is 5.26 Å². The Morgan fingerprint density at radius 3 is 2.45 bits per heavy atom. The fourth-order valence-electron chi connectivity index (χ4n) is 2.10. The first kappa shape index (κ1) is 14.0. The van der Waals surface area contributed by atoms with Crippen LogP contribution in [0.2, 0.25) is 0 Å². The molecule has 1 atom stereocenters. The van der Waals surface area contributed by atoms with E-state index >= 15 is 0 Å². The number of nitriles is 1. The zero-order valence-corrected chi connectivity index (χ0v) is 11.0. The lowest BCUT2D eigenvalue weighted by Crippen LogP contribution is -2.12. The van der Waals surface area contributed by atoms with Crippen molar-refractivity contribution in [3.05, 3.63) is 65.2 Å². The summed E-state index contributed by atoms with van der Waals surface area (Å²) >= 11 is 0. The van der Waals surface area contributed by atoms with Gasteiger partial charge in [0.25, 0.3) is 0 Å². The molecule has 2 aromatic carbocycles. The Labute approximate surface area is 116 Å². The lowest BCUT2D eigenvalue weighted by atomic mass is 10.0. The fourth-order valence-corrected chi connectivity index (χ4v) is 2.10. The third kappa shape index (κ3) is 2.77. The molecule has 0 aliphatic rings. The first-order valence-electron chi connectivity index (χ1n) is 6.37. The lowest BCUT2D eigenvalue weighted by molar-refractivity contribution is 0.586. The summed E-state index contributed by atoms with van der Waals surface area (Å²) < 4.78 is 27.4. The van der Waals surface area contributed by atoms with Crippen molar-refractivity contribution in [3.63, 3.8) is 0 Å². The van der Waals surface area contributed by atoms with Gasteiger partial charge in [0.2, 0.25) is 0 Å². The van der Waals surface area contributed by atoms with Crippen LogP contribution >= 0.6 is 0 Å². The number of hydrogen-bond donors (Lipinski definition) is 1. The number of benzene rings is 2. The topological polar surface area (TPSA) is 35.8 Å². The Morgan fingerprint density at radius 1 is 1.10 bits per heavy atom. The molecule has 0 bridgehead atoms. The Kier molecular flexibility index (Phi) is 4.31. The quantitative estimate of drug-likeness (QED) is 0.895. The van der Waals surface area contributed by atoms with Crippen LogP contribution in [0.25, 0.3) is 0 Å². The first-order chi connectivity index (χ1) is 9.67. The lowest BCUT2D eigenvalue weighted by Gasteiger charge is -2.20. The van der Waals surface area contributed by atoms with Crippen LogP contribution in [0.3, 0.4) is 0 Å². The van der Waals surface area contributed by atoms with Crippen molar-refractivity contribution in [1.82, 2.24) is 0 Å². The van der Waals surface area contributed by atoms with Crippen LogP contribution in [0.4, 0.5) is 14.5 Å². The molecular formula is C16H14F2N2. The Bertz CT molecular complexity index is 647. The van der Waals surface area contributed by atoms with E-state index < -0.39 is 5.82 Å². The molecule has 1 unspecified atom stereocenters. The summed E-state index contributed by atoms with van der Waals surface area (Å²) in [4.78, 5) is 0. The monoisotopic (exact) mass is 272 g/mol. The van der Waals surface area contributed by atoms with Gasteiger partial charge in [0.15, 0.2) is 0 Å². The predicted molar refractivity (Wildman–Crippen MR) is 74.2 cm³/mol. The number of rotatable bonds is 4. The third-order valence-electron chi connectivity index (χ3n) is 3.14. The predicted octanol–water partition coefficient (Wildman–Crippen LogP) is 4.40. The second kappa shape index (κ2) is 6.16. The third-order valence-corrected chi connectivity index (χ3v) is 3.14. The number of halogens is 2. The van der Waals surface area contributed by atoms with Gasteiger partial charge in [0.05, 0.1) is 11.7 Å². The molecule has 2 rings (SSSR count). The maximum atomic E-state index is 13.8. The van der Waals surface area contributed by atoms with Gasteiger partial charge in [-0.05, 0) is 24.6 Å². The highest BCUT2D eigenvalue weighted by atomic mass is 19.1. The number of nitrogens with zero attached hydrogens (tertiary/aromatic N) is 1. The van der Waals surface area contributed by atoms with Gasteiger partial charge in [0, 0.05) is 5.56 Å². The minimum Gasteiger partial charge on any atom is -0.377 e. The minimum atomic E-state index is -0.583. The van der Waals surface area contributed by atoms with Gasteiger partial charge in [-0.15, -0.1) is 0 Å². The zero-order valence-electron chi connectivity index (χ0n) is 11.0. The molecule has 2 nitrogen and oxygen atoms in total. The van der Waals surface area contributed by atoms with Gasteiger partial charge in [-0.25, -0.2) is 8.78 Å². The summed E-state index contributed by atoms with van der Waals surface area (Å²) in [6.07, 6.45) is 0.613. The van der Waals surface area contributed by atoms with Crippen molar-refractivity contribution in [2.75, 3.05) is 5.32 Å². The van der Waals surface area contributed by atoms with E-state index in [0.29, 0.717) is 17.7 Å². The van der Waals surface area contributed by atoms with E-state index in [1.54, 1.807) is 24.3 Å². The Hall–Kier alpha value is -2.41. The summed E-state index contributed by atoms with van der Waals surface area (Å²) in [5.74, 6) is -0.900. The molecule has 0 radical (unpaired) electrons. The van der Waals surface area contributed by atoms with Crippen LogP contribution in [0.15, 0.2) is 42.5 Å². The molecule has 0 saturated heterocycles. The van der Waals surface area contributed by atoms with Gasteiger partial charge >= 0.3 is 0 Å². The molecule has 20 heavy (non-hydrogen) atoms. The first-order valence-corrected chi connectivity index (χ1v) is 6.37. The standard InChI is InChI=1S/C16H14F2N2/c1-2-15(11-6-3-4-7-13(11)17)20-16-9-5-8-14(18)12(16)10-19/h3-9,15,20H,2H2,1H3. The molecule has 0 aliphatic heterocycles. The van der Waals surface area contributed by atoms with Crippen molar-refractivity contribution in [3.8, 4) is 6.07 Å². The zero-order chi connectivity index (χ0) is 14.5. The second-order valence-electron chi connectivity index (χ2n) is 4.40. The van der Waals surface area contributed by atoms with Crippen LogP contribution in [0, 0.1) is 23.0 Å². The maximum Gasteiger partial charge on any atom is 0.143 e. The normalized spacial score (nSPS) is 11.7. The molecule has 4 heteroatoms. The van der Waals surface area contributed by atoms with Crippen LogP contribution in [-0.4, -0.2) is 0 Å².